The Kier molecular flexibility index (Phi) is 7.16. The zero-order chi connectivity index (χ0) is 20.9. The molecule has 0 spiro atoms. The molecule has 0 saturated carbocycles. The Morgan fingerprint density at radius 1 is 1.21 bits per heavy atom. The number of anilines is 1. The van der Waals surface area contributed by atoms with Crippen molar-refractivity contribution >= 4 is 23.4 Å². The smallest absolute Gasteiger partial charge is 0.412 e. The van der Waals surface area contributed by atoms with Gasteiger partial charge in [0.1, 0.15) is 11.7 Å². The maximum atomic E-state index is 12.2. The molecule has 2 aromatic carbocycles. The van der Waals surface area contributed by atoms with Crippen molar-refractivity contribution in [3.05, 3.63) is 52.5 Å². The van der Waals surface area contributed by atoms with E-state index in [0.717, 1.165) is 0 Å². The van der Waals surface area contributed by atoms with Crippen molar-refractivity contribution in [2.75, 3.05) is 19.0 Å². The maximum absolute atomic E-state index is 12.2. The van der Waals surface area contributed by atoms with Crippen LogP contribution in [0.4, 0.5) is 10.5 Å². The lowest BCUT2D eigenvalue weighted by atomic mass is 9.98. The molecule has 152 valence electrons. The number of amides is 1. The van der Waals surface area contributed by atoms with Gasteiger partial charge in [-0.05, 0) is 52.0 Å². The molecule has 6 nitrogen and oxygen atoms in total. The van der Waals surface area contributed by atoms with Crippen LogP contribution >= 0.6 is 11.6 Å². The summed E-state index contributed by atoms with van der Waals surface area (Å²) in [6.07, 6.45) is -1.74. The molecule has 0 aromatic heterocycles. The third kappa shape index (κ3) is 5.53. The van der Waals surface area contributed by atoms with E-state index in [2.05, 4.69) is 5.32 Å². The molecule has 0 aliphatic carbocycles. The fourth-order valence-electron chi connectivity index (χ4n) is 2.69. The normalized spacial score (nSPS) is 12.2. The number of halogens is 1. The van der Waals surface area contributed by atoms with E-state index in [1.165, 1.54) is 7.11 Å². The van der Waals surface area contributed by atoms with Crippen LogP contribution in [0, 0.1) is 0 Å². The second kappa shape index (κ2) is 9.17. The molecule has 0 bridgehead atoms. The lowest BCUT2D eigenvalue weighted by Crippen LogP contribution is -2.27. The fraction of sp³-hybridized carbons (Fsp3) is 0.381. The zero-order valence-electron chi connectivity index (χ0n) is 16.7. The van der Waals surface area contributed by atoms with E-state index in [0.29, 0.717) is 39.9 Å². The van der Waals surface area contributed by atoms with Gasteiger partial charge in [-0.2, -0.15) is 0 Å². The molecule has 28 heavy (non-hydrogen) atoms. The molecular formula is C21H26ClNO5. The van der Waals surface area contributed by atoms with Crippen LogP contribution in [-0.4, -0.2) is 30.5 Å². The Hall–Kier alpha value is -2.44. The summed E-state index contributed by atoms with van der Waals surface area (Å²) in [7, 11) is 1.51. The third-order valence-corrected chi connectivity index (χ3v) is 3.99. The number of hydrogen-bond donors (Lipinski definition) is 2. The largest absolute Gasteiger partial charge is 0.492 e. The summed E-state index contributed by atoms with van der Waals surface area (Å²) in [5.74, 6) is 0.935. The first kappa shape index (κ1) is 21.9. The van der Waals surface area contributed by atoms with Gasteiger partial charge in [0.15, 0.2) is 11.5 Å². The molecule has 2 rings (SSSR count). The maximum Gasteiger partial charge on any atom is 0.412 e. The van der Waals surface area contributed by atoms with Crippen molar-refractivity contribution in [3.63, 3.8) is 0 Å². The summed E-state index contributed by atoms with van der Waals surface area (Å²) in [6.45, 7) is 7.64. The Labute approximate surface area is 170 Å². The molecule has 0 saturated heterocycles. The van der Waals surface area contributed by atoms with Gasteiger partial charge < -0.3 is 19.3 Å². The van der Waals surface area contributed by atoms with Gasteiger partial charge >= 0.3 is 6.09 Å². The van der Waals surface area contributed by atoms with Crippen LogP contribution in [0.2, 0.25) is 5.02 Å². The van der Waals surface area contributed by atoms with E-state index in [9.17, 15) is 9.90 Å². The lowest BCUT2D eigenvalue weighted by Gasteiger charge is -2.22. The van der Waals surface area contributed by atoms with Crippen LogP contribution in [0.1, 0.15) is 44.9 Å². The Morgan fingerprint density at radius 3 is 2.54 bits per heavy atom. The topological polar surface area (TPSA) is 77.0 Å². The Bertz CT molecular complexity index is 832. The van der Waals surface area contributed by atoms with Crippen LogP contribution in [0.5, 0.6) is 11.5 Å². The molecule has 2 N–H and O–H groups in total. The average Bonchev–Trinajstić information content (AvgIpc) is 2.61. The quantitative estimate of drug-likeness (QED) is 0.690. The molecule has 7 heteroatoms. The van der Waals surface area contributed by atoms with Crippen LogP contribution < -0.4 is 14.8 Å². The van der Waals surface area contributed by atoms with E-state index in [-0.39, 0.29) is 0 Å². The molecule has 1 unspecified atom stereocenters. The Balaban J connectivity index is 2.43. The minimum Gasteiger partial charge on any atom is -0.492 e. The van der Waals surface area contributed by atoms with Crippen LogP contribution in [0.3, 0.4) is 0 Å². The third-order valence-electron chi connectivity index (χ3n) is 3.75. The van der Waals surface area contributed by atoms with Crippen molar-refractivity contribution in [1.29, 1.82) is 0 Å². The number of carbonyl (C=O) groups is 1. The molecule has 0 aliphatic rings. The number of hydrogen-bond acceptors (Lipinski definition) is 5. The number of ether oxygens (including phenoxy) is 3. The first-order valence-corrected chi connectivity index (χ1v) is 9.31. The second-order valence-corrected chi connectivity index (χ2v) is 7.51. The first-order chi connectivity index (χ1) is 13.2. The lowest BCUT2D eigenvalue weighted by molar-refractivity contribution is 0.0635. The Morgan fingerprint density at radius 2 is 1.93 bits per heavy atom. The van der Waals surface area contributed by atoms with Crippen molar-refractivity contribution in [2.24, 2.45) is 0 Å². The minimum absolute atomic E-state index is 0.384. The molecule has 1 atom stereocenters. The number of aliphatic hydroxyl groups is 1. The molecule has 0 aliphatic heterocycles. The summed E-state index contributed by atoms with van der Waals surface area (Å²) < 4.78 is 16.3. The summed E-state index contributed by atoms with van der Waals surface area (Å²) in [5.41, 5.74) is 0.632. The van der Waals surface area contributed by atoms with Crippen LogP contribution in [0.15, 0.2) is 36.4 Å². The number of aliphatic hydroxyl groups excluding tert-OH is 1. The number of para-hydroxylation sites is 1. The predicted molar refractivity (Wildman–Crippen MR) is 110 cm³/mol. The predicted octanol–water partition coefficient (Wildman–Crippen LogP) is 5.18. The molecule has 2 aromatic rings. The summed E-state index contributed by atoms with van der Waals surface area (Å²) >= 11 is 6.14. The van der Waals surface area contributed by atoms with Crippen molar-refractivity contribution in [1.82, 2.24) is 0 Å². The summed E-state index contributed by atoms with van der Waals surface area (Å²) in [6, 6.07) is 10.1. The van der Waals surface area contributed by atoms with E-state index < -0.39 is 17.8 Å². The van der Waals surface area contributed by atoms with Gasteiger partial charge in [0, 0.05) is 16.1 Å². The standard InChI is InChI=1S/C21H26ClNO5/c1-6-27-17-9-7-8-14(19(17)26-5)18(24)15-12-13(22)10-11-16(15)23-20(25)28-21(2,3)4/h7-12,18,24H,6H2,1-5H3,(H,23,25). The minimum atomic E-state index is -1.11. The van der Waals surface area contributed by atoms with Gasteiger partial charge in [0.25, 0.3) is 0 Å². The molecule has 0 fully saturated rings. The SMILES string of the molecule is CCOc1cccc(C(O)c2cc(Cl)ccc2NC(=O)OC(C)(C)C)c1OC. The molecule has 1 amide bonds. The highest BCUT2D eigenvalue weighted by Gasteiger charge is 2.23. The van der Waals surface area contributed by atoms with Gasteiger partial charge in [0.2, 0.25) is 0 Å². The van der Waals surface area contributed by atoms with E-state index >= 15 is 0 Å². The highest BCUT2D eigenvalue weighted by Crippen LogP contribution is 2.40. The molecule has 0 radical (unpaired) electrons. The summed E-state index contributed by atoms with van der Waals surface area (Å²) in [4.78, 5) is 12.2. The van der Waals surface area contributed by atoms with Gasteiger partial charge in [-0.25, -0.2) is 4.79 Å². The zero-order valence-corrected chi connectivity index (χ0v) is 17.5. The van der Waals surface area contributed by atoms with Crippen molar-refractivity contribution in [2.45, 2.75) is 39.4 Å². The highest BCUT2D eigenvalue weighted by atomic mass is 35.5. The monoisotopic (exact) mass is 407 g/mol. The van der Waals surface area contributed by atoms with Crippen LogP contribution in [0.25, 0.3) is 0 Å². The number of carbonyl (C=O) groups excluding carboxylic acids is 1. The first-order valence-electron chi connectivity index (χ1n) is 8.93. The van der Waals surface area contributed by atoms with E-state index in [4.69, 9.17) is 25.8 Å². The van der Waals surface area contributed by atoms with Gasteiger partial charge in [-0.15, -0.1) is 0 Å². The second-order valence-electron chi connectivity index (χ2n) is 7.07. The molecular weight excluding hydrogens is 382 g/mol. The number of methoxy groups -OCH3 is 1. The number of benzene rings is 2. The molecule has 0 heterocycles. The van der Waals surface area contributed by atoms with E-state index in [1.807, 2.05) is 6.92 Å². The van der Waals surface area contributed by atoms with E-state index in [1.54, 1.807) is 57.2 Å². The summed E-state index contributed by atoms with van der Waals surface area (Å²) in [5, 5.41) is 14.2. The van der Waals surface area contributed by atoms with Gasteiger partial charge in [-0.1, -0.05) is 23.7 Å². The van der Waals surface area contributed by atoms with Crippen molar-refractivity contribution < 1.29 is 24.1 Å². The van der Waals surface area contributed by atoms with Gasteiger partial charge in [0.05, 0.1) is 19.4 Å². The number of nitrogens with one attached hydrogen (secondary N) is 1. The fourth-order valence-corrected chi connectivity index (χ4v) is 2.87. The number of rotatable bonds is 6. The highest BCUT2D eigenvalue weighted by molar-refractivity contribution is 6.30. The average molecular weight is 408 g/mol. The van der Waals surface area contributed by atoms with Crippen LogP contribution in [-0.2, 0) is 4.74 Å². The van der Waals surface area contributed by atoms with Gasteiger partial charge in [-0.3, -0.25) is 5.32 Å². The van der Waals surface area contributed by atoms with Crippen molar-refractivity contribution in [3.8, 4) is 11.5 Å².